The number of carboxylic acids is 1. The molecule has 2 rings (SSSR count). The fourth-order valence-corrected chi connectivity index (χ4v) is 2.21. The van der Waals surface area contributed by atoms with Gasteiger partial charge in [0.25, 0.3) is 0 Å². The SMILES string of the molecule is NC(=O)C1COCCN1CCOc1ccccc1C(=O)O. The number of aromatic carboxylic acids is 1. The van der Waals surface area contributed by atoms with E-state index in [9.17, 15) is 9.59 Å². The first kappa shape index (κ1) is 15.3. The summed E-state index contributed by atoms with van der Waals surface area (Å²) in [6.07, 6.45) is 0. The summed E-state index contributed by atoms with van der Waals surface area (Å²) in [7, 11) is 0. The Morgan fingerprint density at radius 1 is 1.43 bits per heavy atom. The molecule has 7 nitrogen and oxygen atoms in total. The van der Waals surface area contributed by atoms with Crippen LogP contribution in [0, 0.1) is 0 Å². The van der Waals surface area contributed by atoms with Crippen molar-refractivity contribution >= 4 is 11.9 Å². The fourth-order valence-electron chi connectivity index (χ4n) is 2.21. The normalized spacial score (nSPS) is 19.1. The quantitative estimate of drug-likeness (QED) is 0.762. The Morgan fingerprint density at radius 3 is 2.90 bits per heavy atom. The summed E-state index contributed by atoms with van der Waals surface area (Å²) in [5.74, 6) is -1.15. The number of carbonyl (C=O) groups is 2. The van der Waals surface area contributed by atoms with Crippen LogP contribution in [0.15, 0.2) is 24.3 Å². The van der Waals surface area contributed by atoms with E-state index in [1.54, 1.807) is 18.2 Å². The lowest BCUT2D eigenvalue weighted by atomic mass is 10.2. The number of benzene rings is 1. The van der Waals surface area contributed by atoms with Crippen molar-refractivity contribution in [2.75, 3.05) is 32.9 Å². The van der Waals surface area contributed by atoms with Crippen molar-refractivity contribution < 1.29 is 24.2 Å². The van der Waals surface area contributed by atoms with Crippen molar-refractivity contribution in [1.29, 1.82) is 0 Å². The average molecular weight is 294 g/mol. The van der Waals surface area contributed by atoms with E-state index in [1.807, 2.05) is 4.90 Å². The summed E-state index contributed by atoms with van der Waals surface area (Å²) in [5.41, 5.74) is 5.44. The second-order valence-corrected chi connectivity index (χ2v) is 4.68. The predicted octanol–water partition coefficient (Wildman–Crippen LogP) is -0.0503. The largest absolute Gasteiger partial charge is 0.491 e. The van der Waals surface area contributed by atoms with E-state index >= 15 is 0 Å². The number of ether oxygens (including phenoxy) is 2. The molecule has 1 aliphatic heterocycles. The van der Waals surface area contributed by atoms with Crippen molar-refractivity contribution in [2.45, 2.75) is 6.04 Å². The molecule has 1 atom stereocenters. The van der Waals surface area contributed by atoms with Crippen LogP contribution in [0.1, 0.15) is 10.4 Å². The smallest absolute Gasteiger partial charge is 0.339 e. The first-order valence-corrected chi connectivity index (χ1v) is 6.66. The molecule has 1 aromatic carbocycles. The van der Waals surface area contributed by atoms with Gasteiger partial charge in [0.05, 0.1) is 13.2 Å². The van der Waals surface area contributed by atoms with Gasteiger partial charge in [0.1, 0.15) is 24.0 Å². The molecule has 114 valence electrons. The van der Waals surface area contributed by atoms with E-state index in [2.05, 4.69) is 0 Å². The minimum Gasteiger partial charge on any atom is -0.491 e. The predicted molar refractivity (Wildman–Crippen MR) is 74.3 cm³/mol. The van der Waals surface area contributed by atoms with Crippen LogP contribution in [0.2, 0.25) is 0 Å². The number of nitrogens with zero attached hydrogens (tertiary/aromatic N) is 1. The van der Waals surface area contributed by atoms with Gasteiger partial charge in [0.2, 0.25) is 5.91 Å². The maximum absolute atomic E-state index is 11.3. The van der Waals surface area contributed by atoms with Crippen LogP contribution in [0.5, 0.6) is 5.75 Å². The lowest BCUT2D eigenvalue weighted by Gasteiger charge is -2.33. The number of hydrogen-bond donors (Lipinski definition) is 2. The lowest BCUT2D eigenvalue weighted by Crippen LogP contribution is -2.53. The molecule has 7 heteroatoms. The number of carboxylic acid groups (broad SMARTS) is 1. The molecule has 1 unspecified atom stereocenters. The minimum atomic E-state index is -1.04. The molecule has 1 aromatic rings. The Kier molecular flexibility index (Phi) is 5.13. The van der Waals surface area contributed by atoms with Crippen LogP contribution in [0.4, 0.5) is 0 Å². The Bertz CT molecular complexity index is 520. The number of amides is 1. The zero-order valence-corrected chi connectivity index (χ0v) is 11.5. The third-order valence-electron chi connectivity index (χ3n) is 3.32. The van der Waals surface area contributed by atoms with E-state index in [0.717, 1.165) is 0 Å². The summed E-state index contributed by atoms with van der Waals surface area (Å²) in [6, 6.07) is 5.98. The zero-order chi connectivity index (χ0) is 15.2. The first-order chi connectivity index (χ1) is 10.1. The number of rotatable bonds is 6. The minimum absolute atomic E-state index is 0.117. The summed E-state index contributed by atoms with van der Waals surface area (Å²) < 4.78 is 10.7. The monoisotopic (exact) mass is 294 g/mol. The lowest BCUT2D eigenvalue weighted by molar-refractivity contribution is -0.129. The van der Waals surface area contributed by atoms with Crippen LogP contribution >= 0.6 is 0 Å². The highest BCUT2D eigenvalue weighted by Crippen LogP contribution is 2.18. The number of nitrogens with two attached hydrogens (primary N) is 1. The Balaban J connectivity index is 1.92. The van der Waals surface area contributed by atoms with Crippen molar-refractivity contribution in [3.8, 4) is 5.75 Å². The Hall–Kier alpha value is -2.12. The van der Waals surface area contributed by atoms with Gasteiger partial charge >= 0.3 is 5.97 Å². The number of para-hydroxylation sites is 1. The van der Waals surface area contributed by atoms with Crippen molar-refractivity contribution in [1.82, 2.24) is 4.90 Å². The van der Waals surface area contributed by atoms with Crippen LogP contribution in [0.3, 0.4) is 0 Å². The number of carbonyl (C=O) groups excluding carboxylic acids is 1. The van der Waals surface area contributed by atoms with E-state index < -0.39 is 17.9 Å². The number of primary amides is 1. The van der Waals surface area contributed by atoms with Gasteiger partial charge in [-0.25, -0.2) is 4.79 Å². The van der Waals surface area contributed by atoms with Crippen LogP contribution in [-0.2, 0) is 9.53 Å². The highest BCUT2D eigenvalue weighted by molar-refractivity contribution is 5.90. The van der Waals surface area contributed by atoms with Crippen LogP contribution < -0.4 is 10.5 Å². The highest BCUT2D eigenvalue weighted by atomic mass is 16.5. The van der Waals surface area contributed by atoms with E-state index in [1.165, 1.54) is 6.07 Å². The van der Waals surface area contributed by atoms with Crippen molar-refractivity contribution in [3.63, 3.8) is 0 Å². The Morgan fingerprint density at radius 2 is 2.19 bits per heavy atom. The second kappa shape index (κ2) is 7.05. The second-order valence-electron chi connectivity index (χ2n) is 4.68. The van der Waals surface area contributed by atoms with Crippen molar-refractivity contribution in [2.24, 2.45) is 5.73 Å². The maximum atomic E-state index is 11.3. The first-order valence-electron chi connectivity index (χ1n) is 6.66. The molecule has 0 aromatic heterocycles. The van der Waals surface area contributed by atoms with Crippen molar-refractivity contribution in [3.05, 3.63) is 29.8 Å². The molecule has 0 radical (unpaired) electrons. The average Bonchev–Trinajstić information content (AvgIpc) is 2.48. The van der Waals surface area contributed by atoms with Gasteiger partial charge in [-0.05, 0) is 12.1 Å². The molecule has 21 heavy (non-hydrogen) atoms. The summed E-state index contributed by atoms with van der Waals surface area (Å²) >= 11 is 0. The molecule has 0 spiro atoms. The van der Waals surface area contributed by atoms with Gasteiger partial charge in [-0.1, -0.05) is 12.1 Å². The summed E-state index contributed by atoms with van der Waals surface area (Å²) in [4.78, 5) is 24.3. The maximum Gasteiger partial charge on any atom is 0.339 e. The molecule has 1 amide bonds. The standard InChI is InChI=1S/C14H18N2O5/c15-13(17)11-9-20-7-5-16(11)6-8-21-12-4-2-1-3-10(12)14(18)19/h1-4,11H,5-9H2,(H2,15,17)(H,18,19). The molecule has 0 bridgehead atoms. The Labute approximate surface area is 122 Å². The molecule has 0 saturated carbocycles. The molecule has 1 saturated heterocycles. The van der Waals surface area contributed by atoms with Crippen LogP contribution in [-0.4, -0.2) is 60.8 Å². The number of hydrogen-bond acceptors (Lipinski definition) is 5. The molecule has 1 aliphatic rings. The van der Waals surface area contributed by atoms with Gasteiger partial charge in [0.15, 0.2) is 0 Å². The summed E-state index contributed by atoms with van der Waals surface area (Å²) in [6.45, 7) is 2.16. The molecular weight excluding hydrogens is 276 g/mol. The summed E-state index contributed by atoms with van der Waals surface area (Å²) in [5, 5.41) is 9.06. The number of morpholine rings is 1. The van der Waals surface area contributed by atoms with Crippen LogP contribution in [0.25, 0.3) is 0 Å². The molecule has 3 N–H and O–H groups in total. The fraction of sp³-hybridized carbons (Fsp3) is 0.429. The van der Waals surface area contributed by atoms with E-state index in [4.69, 9.17) is 20.3 Å². The molecule has 1 fully saturated rings. The highest BCUT2D eigenvalue weighted by Gasteiger charge is 2.27. The van der Waals surface area contributed by atoms with Gasteiger partial charge in [-0.3, -0.25) is 9.69 Å². The third-order valence-corrected chi connectivity index (χ3v) is 3.32. The van der Waals surface area contributed by atoms with Gasteiger partial charge < -0.3 is 20.3 Å². The third kappa shape index (κ3) is 3.93. The zero-order valence-electron chi connectivity index (χ0n) is 11.5. The van der Waals surface area contributed by atoms with Gasteiger partial charge in [0, 0.05) is 13.1 Å². The molecule has 1 heterocycles. The van der Waals surface area contributed by atoms with E-state index in [0.29, 0.717) is 25.4 Å². The molecular formula is C14H18N2O5. The molecule has 0 aliphatic carbocycles. The van der Waals surface area contributed by atoms with Gasteiger partial charge in [-0.2, -0.15) is 0 Å². The van der Waals surface area contributed by atoms with Gasteiger partial charge in [-0.15, -0.1) is 0 Å². The van der Waals surface area contributed by atoms with E-state index in [-0.39, 0.29) is 18.8 Å². The topological polar surface area (TPSA) is 102 Å².